The molecule has 1 atom stereocenters. The summed E-state index contributed by atoms with van der Waals surface area (Å²) in [6.45, 7) is 11.0. The van der Waals surface area contributed by atoms with E-state index in [4.69, 9.17) is 4.74 Å². The van der Waals surface area contributed by atoms with Crippen LogP contribution in [0.1, 0.15) is 45.2 Å². The Morgan fingerprint density at radius 3 is 2.50 bits per heavy atom. The molecule has 114 valence electrons. The number of para-hydroxylation sites is 1. The van der Waals surface area contributed by atoms with E-state index in [0.29, 0.717) is 6.04 Å². The van der Waals surface area contributed by atoms with Crippen LogP contribution in [-0.4, -0.2) is 38.2 Å². The normalized spacial score (nSPS) is 12.7. The van der Waals surface area contributed by atoms with Gasteiger partial charge in [0.05, 0.1) is 7.11 Å². The van der Waals surface area contributed by atoms with E-state index in [1.165, 1.54) is 12.0 Å². The number of likely N-dealkylation sites (N-methyl/N-ethyl adjacent to an activating group) is 1. The quantitative estimate of drug-likeness (QED) is 0.709. The molecule has 20 heavy (non-hydrogen) atoms. The highest BCUT2D eigenvalue weighted by Gasteiger charge is 2.17. The Bertz CT molecular complexity index is 368. The molecule has 0 aromatic heterocycles. The van der Waals surface area contributed by atoms with Gasteiger partial charge in [-0.25, -0.2) is 0 Å². The van der Waals surface area contributed by atoms with Gasteiger partial charge in [-0.05, 0) is 38.5 Å². The van der Waals surface area contributed by atoms with Crippen molar-refractivity contribution in [2.24, 2.45) is 0 Å². The van der Waals surface area contributed by atoms with Gasteiger partial charge in [-0.15, -0.1) is 0 Å². The standard InChI is InChI=1S/C17H30N2O/c1-5-12-18-16(14-19(7-3)13-6-2)15-10-8-9-11-17(15)20-4/h8-11,16,18H,5-7,12-14H2,1-4H3. The maximum absolute atomic E-state index is 5.52. The van der Waals surface area contributed by atoms with Crippen molar-refractivity contribution in [2.45, 2.75) is 39.7 Å². The van der Waals surface area contributed by atoms with E-state index in [1.54, 1.807) is 7.11 Å². The molecule has 0 fully saturated rings. The molecule has 0 heterocycles. The van der Waals surface area contributed by atoms with Crippen LogP contribution in [0.25, 0.3) is 0 Å². The van der Waals surface area contributed by atoms with Crippen molar-refractivity contribution in [3.63, 3.8) is 0 Å². The highest BCUT2D eigenvalue weighted by molar-refractivity contribution is 5.36. The average Bonchev–Trinajstić information content (AvgIpc) is 2.50. The summed E-state index contributed by atoms with van der Waals surface area (Å²) in [5.74, 6) is 0.980. The summed E-state index contributed by atoms with van der Waals surface area (Å²) >= 11 is 0. The van der Waals surface area contributed by atoms with Crippen LogP contribution in [0.15, 0.2) is 24.3 Å². The van der Waals surface area contributed by atoms with Crippen LogP contribution in [0.5, 0.6) is 5.75 Å². The van der Waals surface area contributed by atoms with E-state index in [0.717, 1.165) is 38.3 Å². The monoisotopic (exact) mass is 278 g/mol. The van der Waals surface area contributed by atoms with Crippen LogP contribution in [0.3, 0.4) is 0 Å². The lowest BCUT2D eigenvalue weighted by Gasteiger charge is -2.28. The van der Waals surface area contributed by atoms with E-state index < -0.39 is 0 Å². The van der Waals surface area contributed by atoms with E-state index >= 15 is 0 Å². The van der Waals surface area contributed by atoms with Crippen LogP contribution in [0, 0.1) is 0 Å². The Hall–Kier alpha value is -1.06. The third-order valence-corrected chi connectivity index (χ3v) is 3.58. The first-order chi connectivity index (χ1) is 9.76. The molecule has 1 unspecified atom stereocenters. The summed E-state index contributed by atoms with van der Waals surface area (Å²) in [7, 11) is 1.75. The fraction of sp³-hybridized carbons (Fsp3) is 0.647. The molecule has 1 aromatic carbocycles. The van der Waals surface area contributed by atoms with Crippen LogP contribution < -0.4 is 10.1 Å². The third kappa shape index (κ3) is 5.14. The fourth-order valence-corrected chi connectivity index (χ4v) is 2.50. The van der Waals surface area contributed by atoms with Gasteiger partial charge < -0.3 is 15.0 Å². The minimum Gasteiger partial charge on any atom is -0.496 e. The minimum atomic E-state index is 0.331. The number of ether oxygens (including phenoxy) is 1. The summed E-state index contributed by atoms with van der Waals surface area (Å²) in [5.41, 5.74) is 1.26. The molecule has 1 rings (SSSR count). The molecule has 0 spiro atoms. The van der Waals surface area contributed by atoms with E-state index in [1.807, 2.05) is 12.1 Å². The molecule has 0 saturated heterocycles. The summed E-state index contributed by atoms with van der Waals surface area (Å²) < 4.78 is 5.52. The van der Waals surface area contributed by atoms with E-state index in [9.17, 15) is 0 Å². The van der Waals surface area contributed by atoms with Gasteiger partial charge in [-0.3, -0.25) is 0 Å². The maximum Gasteiger partial charge on any atom is 0.123 e. The lowest BCUT2D eigenvalue weighted by Crippen LogP contribution is -2.36. The Labute approximate surface area is 124 Å². The summed E-state index contributed by atoms with van der Waals surface area (Å²) in [6.07, 6.45) is 2.34. The number of hydrogen-bond donors (Lipinski definition) is 1. The number of hydrogen-bond acceptors (Lipinski definition) is 3. The molecule has 3 heteroatoms. The smallest absolute Gasteiger partial charge is 0.123 e. The van der Waals surface area contributed by atoms with Gasteiger partial charge in [0.25, 0.3) is 0 Å². The molecule has 0 saturated carbocycles. The second kappa shape index (κ2) is 9.78. The maximum atomic E-state index is 5.52. The second-order valence-corrected chi connectivity index (χ2v) is 5.14. The van der Waals surface area contributed by atoms with E-state index in [-0.39, 0.29) is 0 Å². The first-order valence-corrected chi connectivity index (χ1v) is 7.85. The first-order valence-electron chi connectivity index (χ1n) is 7.85. The van der Waals surface area contributed by atoms with Crippen molar-refractivity contribution in [3.05, 3.63) is 29.8 Å². The van der Waals surface area contributed by atoms with Gasteiger partial charge in [0, 0.05) is 18.2 Å². The van der Waals surface area contributed by atoms with Crippen molar-refractivity contribution < 1.29 is 4.74 Å². The highest BCUT2D eigenvalue weighted by Crippen LogP contribution is 2.25. The van der Waals surface area contributed by atoms with Crippen molar-refractivity contribution in [1.29, 1.82) is 0 Å². The lowest BCUT2D eigenvalue weighted by molar-refractivity contribution is 0.251. The largest absolute Gasteiger partial charge is 0.496 e. The zero-order valence-corrected chi connectivity index (χ0v) is 13.5. The molecular weight excluding hydrogens is 248 g/mol. The topological polar surface area (TPSA) is 24.5 Å². The SMILES string of the molecule is CCCNC(CN(CC)CCC)c1ccccc1OC. The van der Waals surface area contributed by atoms with Gasteiger partial charge >= 0.3 is 0 Å². The molecule has 1 aromatic rings. The van der Waals surface area contributed by atoms with Crippen LogP contribution in [0.4, 0.5) is 0 Å². The molecule has 0 aliphatic rings. The summed E-state index contributed by atoms with van der Waals surface area (Å²) in [4.78, 5) is 2.50. The summed E-state index contributed by atoms with van der Waals surface area (Å²) in [5, 5.41) is 3.66. The zero-order valence-electron chi connectivity index (χ0n) is 13.5. The zero-order chi connectivity index (χ0) is 14.8. The van der Waals surface area contributed by atoms with Crippen LogP contribution in [0.2, 0.25) is 0 Å². The second-order valence-electron chi connectivity index (χ2n) is 5.14. The molecule has 1 N–H and O–H groups in total. The van der Waals surface area contributed by atoms with Crippen molar-refractivity contribution in [1.82, 2.24) is 10.2 Å². The number of nitrogens with zero attached hydrogens (tertiary/aromatic N) is 1. The van der Waals surface area contributed by atoms with Gasteiger partial charge in [0.2, 0.25) is 0 Å². The molecule has 0 radical (unpaired) electrons. The lowest BCUT2D eigenvalue weighted by atomic mass is 10.0. The molecular formula is C17H30N2O. The van der Waals surface area contributed by atoms with Crippen LogP contribution >= 0.6 is 0 Å². The fourth-order valence-electron chi connectivity index (χ4n) is 2.50. The molecule has 0 aliphatic heterocycles. The van der Waals surface area contributed by atoms with Crippen molar-refractivity contribution in [2.75, 3.05) is 33.3 Å². The minimum absolute atomic E-state index is 0.331. The predicted molar refractivity (Wildman–Crippen MR) is 86.4 cm³/mol. The van der Waals surface area contributed by atoms with Crippen molar-refractivity contribution in [3.8, 4) is 5.75 Å². The Morgan fingerprint density at radius 1 is 1.15 bits per heavy atom. The average molecular weight is 278 g/mol. The first kappa shape index (κ1) is 17.0. The molecule has 3 nitrogen and oxygen atoms in total. The number of rotatable bonds is 10. The Kier molecular flexibility index (Phi) is 8.31. The molecule has 0 bridgehead atoms. The molecule has 0 amide bonds. The van der Waals surface area contributed by atoms with Gasteiger partial charge in [-0.1, -0.05) is 39.0 Å². The Morgan fingerprint density at radius 2 is 1.90 bits per heavy atom. The van der Waals surface area contributed by atoms with Gasteiger partial charge in [0.1, 0.15) is 5.75 Å². The Balaban J connectivity index is 2.86. The number of methoxy groups -OCH3 is 1. The number of nitrogens with one attached hydrogen (secondary N) is 1. The highest BCUT2D eigenvalue weighted by atomic mass is 16.5. The van der Waals surface area contributed by atoms with Gasteiger partial charge in [-0.2, -0.15) is 0 Å². The van der Waals surface area contributed by atoms with E-state index in [2.05, 4.69) is 43.1 Å². The van der Waals surface area contributed by atoms with Crippen LogP contribution in [-0.2, 0) is 0 Å². The molecule has 0 aliphatic carbocycles. The predicted octanol–water partition coefficient (Wildman–Crippen LogP) is 3.47. The number of benzene rings is 1. The third-order valence-electron chi connectivity index (χ3n) is 3.58. The van der Waals surface area contributed by atoms with Gasteiger partial charge in [0.15, 0.2) is 0 Å². The summed E-state index contributed by atoms with van der Waals surface area (Å²) in [6, 6.07) is 8.67. The van der Waals surface area contributed by atoms with Crippen molar-refractivity contribution >= 4 is 0 Å².